The van der Waals surface area contributed by atoms with Gasteiger partial charge < -0.3 is 10.6 Å². The van der Waals surface area contributed by atoms with Gasteiger partial charge >= 0.3 is 0 Å². The van der Waals surface area contributed by atoms with Crippen molar-refractivity contribution in [3.05, 3.63) is 46.4 Å². The van der Waals surface area contributed by atoms with E-state index in [1.807, 2.05) is 31.4 Å². The molecule has 2 aromatic rings. The molecule has 5 heteroatoms. The zero-order valence-electron chi connectivity index (χ0n) is 11.7. The molecule has 2 aromatic heterocycles. The van der Waals surface area contributed by atoms with Gasteiger partial charge in [-0.05, 0) is 37.4 Å². The second-order valence-electron chi connectivity index (χ2n) is 4.62. The van der Waals surface area contributed by atoms with Crippen molar-refractivity contribution in [3.63, 3.8) is 0 Å². The third-order valence-corrected chi connectivity index (χ3v) is 3.74. The summed E-state index contributed by atoms with van der Waals surface area (Å²) in [5.74, 6) is -0.128. The van der Waals surface area contributed by atoms with Gasteiger partial charge in [-0.3, -0.25) is 4.79 Å². The molecule has 0 aliphatic carbocycles. The predicted octanol–water partition coefficient (Wildman–Crippen LogP) is 2.94. The normalized spacial score (nSPS) is 11.9. The molecule has 2 rings (SSSR count). The molecule has 0 fully saturated rings. The Labute approximate surface area is 123 Å². The Morgan fingerprint density at radius 1 is 1.40 bits per heavy atom. The van der Waals surface area contributed by atoms with E-state index >= 15 is 0 Å². The topological polar surface area (TPSA) is 54.0 Å². The number of hydrogen-bond donors (Lipinski definition) is 2. The maximum atomic E-state index is 12.1. The Bertz CT molecular complexity index is 537. The Hall–Kier alpha value is -1.88. The molecule has 0 bridgehead atoms. The summed E-state index contributed by atoms with van der Waals surface area (Å²) in [7, 11) is 0. The van der Waals surface area contributed by atoms with Crippen molar-refractivity contribution < 1.29 is 4.79 Å². The number of thiophene rings is 1. The first-order valence-corrected chi connectivity index (χ1v) is 7.60. The fourth-order valence-electron chi connectivity index (χ4n) is 1.92. The molecule has 20 heavy (non-hydrogen) atoms. The van der Waals surface area contributed by atoms with Crippen LogP contribution >= 0.6 is 11.3 Å². The van der Waals surface area contributed by atoms with Crippen LogP contribution in [0, 0.1) is 0 Å². The number of carbonyl (C=O) groups excluding carboxylic acids is 1. The van der Waals surface area contributed by atoms with Gasteiger partial charge in [-0.15, -0.1) is 11.3 Å². The summed E-state index contributed by atoms with van der Waals surface area (Å²) in [5.41, 5.74) is 1.38. The molecule has 0 radical (unpaired) electrons. The van der Waals surface area contributed by atoms with Gasteiger partial charge in [0.2, 0.25) is 0 Å². The van der Waals surface area contributed by atoms with Crippen LogP contribution in [0.2, 0.25) is 0 Å². The minimum atomic E-state index is -0.128. The zero-order chi connectivity index (χ0) is 14.4. The number of rotatable bonds is 6. The third-order valence-electron chi connectivity index (χ3n) is 2.84. The summed E-state index contributed by atoms with van der Waals surface area (Å²) >= 11 is 1.71. The third kappa shape index (κ3) is 4.06. The summed E-state index contributed by atoms with van der Waals surface area (Å²) in [6.07, 6.45) is 2.53. The number of nitrogens with zero attached hydrogens (tertiary/aromatic N) is 1. The summed E-state index contributed by atoms with van der Waals surface area (Å²) in [6.45, 7) is 4.86. The second kappa shape index (κ2) is 7.05. The van der Waals surface area contributed by atoms with E-state index in [-0.39, 0.29) is 11.9 Å². The van der Waals surface area contributed by atoms with Crippen LogP contribution in [0.4, 0.5) is 5.69 Å². The van der Waals surface area contributed by atoms with E-state index in [1.54, 1.807) is 23.6 Å². The minimum Gasteiger partial charge on any atom is -0.384 e. The van der Waals surface area contributed by atoms with Gasteiger partial charge in [0.15, 0.2) is 0 Å². The van der Waals surface area contributed by atoms with Crippen LogP contribution in [0.5, 0.6) is 0 Å². The minimum absolute atomic E-state index is 0.0939. The maximum absolute atomic E-state index is 12.1. The largest absolute Gasteiger partial charge is 0.384 e. The lowest BCUT2D eigenvalue weighted by atomic mass is 10.2. The van der Waals surface area contributed by atoms with E-state index in [4.69, 9.17) is 0 Å². The summed E-state index contributed by atoms with van der Waals surface area (Å²) in [5, 5.41) is 8.17. The van der Waals surface area contributed by atoms with Crippen molar-refractivity contribution in [1.82, 2.24) is 10.3 Å². The molecule has 1 atom stereocenters. The molecule has 0 aromatic carbocycles. The van der Waals surface area contributed by atoms with Gasteiger partial charge in [-0.25, -0.2) is 4.98 Å². The number of pyridine rings is 1. The number of amides is 1. The van der Waals surface area contributed by atoms with Crippen molar-refractivity contribution in [2.24, 2.45) is 0 Å². The average molecular weight is 289 g/mol. The lowest BCUT2D eigenvalue weighted by molar-refractivity contribution is 0.0935. The van der Waals surface area contributed by atoms with Gasteiger partial charge in [0, 0.05) is 23.9 Å². The van der Waals surface area contributed by atoms with E-state index in [9.17, 15) is 4.79 Å². The first-order chi connectivity index (χ1) is 9.69. The van der Waals surface area contributed by atoms with E-state index in [1.165, 1.54) is 4.88 Å². The quantitative estimate of drug-likeness (QED) is 0.859. The summed E-state index contributed by atoms with van der Waals surface area (Å²) < 4.78 is 0. The Morgan fingerprint density at radius 3 is 2.85 bits per heavy atom. The zero-order valence-corrected chi connectivity index (χ0v) is 12.5. The highest BCUT2D eigenvalue weighted by Gasteiger charge is 2.11. The first-order valence-electron chi connectivity index (χ1n) is 6.72. The highest BCUT2D eigenvalue weighted by atomic mass is 32.1. The Morgan fingerprint density at radius 2 is 2.25 bits per heavy atom. The average Bonchev–Trinajstić information content (AvgIpc) is 2.92. The molecule has 0 aliphatic rings. The van der Waals surface area contributed by atoms with Gasteiger partial charge in [-0.2, -0.15) is 0 Å². The van der Waals surface area contributed by atoms with E-state index in [0.29, 0.717) is 5.69 Å². The standard InChI is InChI=1S/C15H19N3OS/c1-3-16-12-6-7-14(17-10-12)15(19)18-11(2)9-13-5-4-8-20-13/h4-8,10-11,16H,3,9H2,1-2H3,(H,18,19). The molecule has 0 aliphatic heterocycles. The highest BCUT2D eigenvalue weighted by molar-refractivity contribution is 7.09. The summed E-state index contributed by atoms with van der Waals surface area (Å²) in [6, 6.07) is 7.81. The van der Waals surface area contributed by atoms with Crippen molar-refractivity contribution in [2.75, 3.05) is 11.9 Å². The van der Waals surface area contributed by atoms with Gasteiger partial charge in [0.25, 0.3) is 5.91 Å². The second-order valence-corrected chi connectivity index (χ2v) is 5.65. The van der Waals surface area contributed by atoms with Crippen molar-refractivity contribution in [3.8, 4) is 0 Å². The molecular weight excluding hydrogens is 270 g/mol. The molecule has 106 valence electrons. The lowest BCUT2D eigenvalue weighted by Gasteiger charge is -2.12. The van der Waals surface area contributed by atoms with Crippen LogP contribution in [0.1, 0.15) is 29.2 Å². The molecule has 1 unspecified atom stereocenters. The van der Waals surface area contributed by atoms with E-state index < -0.39 is 0 Å². The maximum Gasteiger partial charge on any atom is 0.270 e. The van der Waals surface area contributed by atoms with Gasteiger partial charge in [-0.1, -0.05) is 6.07 Å². The van der Waals surface area contributed by atoms with E-state index in [0.717, 1.165) is 18.7 Å². The van der Waals surface area contributed by atoms with Crippen LogP contribution in [-0.2, 0) is 6.42 Å². The number of aromatic nitrogens is 1. The fraction of sp³-hybridized carbons (Fsp3) is 0.333. The van der Waals surface area contributed by atoms with Crippen LogP contribution < -0.4 is 10.6 Å². The smallest absolute Gasteiger partial charge is 0.270 e. The fourth-order valence-corrected chi connectivity index (χ4v) is 2.75. The highest BCUT2D eigenvalue weighted by Crippen LogP contribution is 2.11. The van der Waals surface area contributed by atoms with Gasteiger partial charge in [0.05, 0.1) is 11.9 Å². The predicted molar refractivity (Wildman–Crippen MR) is 83.4 cm³/mol. The Balaban J connectivity index is 1.90. The monoisotopic (exact) mass is 289 g/mol. The first kappa shape index (κ1) is 14.5. The number of anilines is 1. The van der Waals surface area contributed by atoms with Crippen LogP contribution in [0.15, 0.2) is 35.8 Å². The molecule has 0 saturated heterocycles. The molecular formula is C15H19N3OS. The number of hydrogen-bond acceptors (Lipinski definition) is 4. The molecule has 2 heterocycles. The summed E-state index contributed by atoms with van der Waals surface area (Å²) in [4.78, 5) is 17.5. The SMILES string of the molecule is CCNc1ccc(C(=O)NC(C)Cc2cccs2)nc1. The molecule has 0 spiro atoms. The van der Waals surface area contributed by atoms with E-state index in [2.05, 4.69) is 21.7 Å². The lowest BCUT2D eigenvalue weighted by Crippen LogP contribution is -2.34. The van der Waals surface area contributed by atoms with Crippen molar-refractivity contribution in [1.29, 1.82) is 0 Å². The van der Waals surface area contributed by atoms with Crippen molar-refractivity contribution in [2.45, 2.75) is 26.3 Å². The molecule has 1 amide bonds. The number of carbonyl (C=O) groups is 1. The molecule has 2 N–H and O–H groups in total. The molecule has 0 saturated carbocycles. The van der Waals surface area contributed by atoms with Crippen LogP contribution in [0.25, 0.3) is 0 Å². The Kier molecular flexibility index (Phi) is 5.12. The molecule has 4 nitrogen and oxygen atoms in total. The van der Waals surface area contributed by atoms with Gasteiger partial charge in [0.1, 0.15) is 5.69 Å². The van der Waals surface area contributed by atoms with Crippen LogP contribution in [-0.4, -0.2) is 23.5 Å². The van der Waals surface area contributed by atoms with Crippen LogP contribution in [0.3, 0.4) is 0 Å². The number of nitrogens with one attached hydrogen (secondary N) is 2. The van der Waals surface area contributed by atoms with Crippen molar-refractivity contribution >= 4 is 22.9 Å².